The molecule has 0 saturated carbocycles. The second kappa shape index (κ2) is 5.53. The van der Waals surface area contributed by atoms with E-state index in [2.05, 4.69) is 0 Å². The second-order valence-electron chi connectivity index (χ2n) is 5.43. The number of nitrogens with zero attached hydrogens (tertiary/aromatic N) is 1. The third kappa shape index (κ3) is 2.76. The summed E-state index contributed by atoms with van der Waals surface area (Å²) in [6.07, 6.45) is 0.908. The van der Waals surface area contributed by atoms with E-state index in [1.807, 2.05) is 13.8 Å². The van der Waals surface area contributed by atoms with Crippen molar-refractivity contribution in [2.45, 2.75) is 32.7 Å². The van der Waals surface area contributed by atoms with Crippen molar-refractivity contribution < 1.29 is 19.8 Å². The molecule has 20 heavy (non-hydrogen) atoms. The Balaban J connectivity index is 2.18. The highest BCUT2D eigenvalue weighted by Crippen LogP contribution is 2.27. The monoisotopic (exact) mass is 277 g/mol. The molecule has 0 bridgehead atoms. The van der Waals surface area contributed by atoms with Gasteiger partial charge in [0.15, 0.2) is 0 Å². The van der Waals surface area contributed by atoms with Crippen LogP contribution >= 0.6 is 0 Å². The molecule has 2 N–H and O–H groups in total. The lowest BCUT2D eigenvalue weighted by Gasteiger charge is -2.36. The SMILES string of the molecule is Cc1ccc(O)c(C(=O)N2CCC(C(=O)O)CC2C)c1. The molecule has 0 spiro atoms. The molecule has 2 rings (SSSR count). The van der Waals surface area contributed by atoms with E-state index in [4.69, 9.17) is 5.11 Å². The number of aryl methyl sites for hydroxylation is 1. The predicted octanol–water partition coefficient (Wildman–Crippen LogP) is 2.03. The number of carboxylic acids is 1. The van der Waals surface area contributed by atoms with Crippen LogP contribution in [0.15, 0.2) is 18.2 Å². The number of phenolic OH excluding ortho intramolecular Hbond substituents is 1. The Kier molecular flexibility index (Phi) is 3.97. The number of likely N-dealkylation sites (tertiary alicyclic amines) is 1. The molecule has 0 radical (unpaired) electrons. The minimum atomic E-state index is -0.803. The summed E-state index contributed by atoms with van der Waals surface area (Å²) in [5.74, 6) is -1.46. The molecule has 5 heteroatoms. The van der Waals surface area contributed by atoms with E-state index in [9.17, 15) is 14.7 Å². The van der Waals surface area contributed by atoms with Crippen LogP contribution in [-0.2, 0) is 4.79 Å². The first-order valence-electron chi connectivity index (χ1n) is 6.73. The number of carboxylic acid groups (broad SMARTS) is 1. The number of rotatable bonds is 2. The van der Waals surface area contributed by atoms with Crippen LogP contribution in [-0.4, -0.2) is 39.6 Å². The molecule has 1 aromatic carbocycles. The topological polar surface area (TPSA) is 77.8 Å². The lowest BCUT2D eigenvalue weighted by Crippen LogP contribution is -2.46. The largest absolute Gasteiger partial charge is 0.507 e. The van der Waals surface area contributed by atoms with Crippen molar-refractivity contribution in [1.29, 1.82) is 0 Å². The van der Waals surface area contributed by atoms with Crippen LogP contribution < -0.4 is 0 Å². The van der Waals surface area contributed by atoms with Gasteiger partial charge < -0.3 is 15.1 Å². The van der Waals surface area contributed by atoms with Crippen LogP contribution in [0.2, 0.25) is 0 Å². The maximum Gasteiger partial charge on any atom is 0.306 e. The van der Waals surface area contributed by atoms with E-state index in [-0.39, 0.29) is 29.2 Å². The van der Waals surface area contributed by atoms with Gasteiger partial charge in [0.05, 0.1) is 11.5 Å². The number of carbonyl (C=O) groups excluding carboxylic acids is 1. The van der Waals surface area contributed by atoms with Gasteiger partial charge in [-0.1, -0.05) is 11.6 Å². The van der Waals surface area contributed by atoms with Crippen molar-refractivity contribution in [2.24, 2.45) is 5.92 Å². The van der Waals surface area contributed by atoms with Crippen molar-refractivity contribution in [3.05, 3.63) is 29.3 Å². The van der Waals surface area contributed by atoms with E-state index in [1.54, 1.807) is 17.0 Å². The van der Waals surface area contributed by atoms with Gasteiger partial charge in [-0.3, -0.25) is 9.59 Å². The fraction of sp³-hybridized carbons (Fsp3) is 0.467. The van der Waals surface area contributed by atoms with E-state index < -0.39 is 5.97 Å². The molecule has 1 amide bonds. The Hall–Kier alpha value is -2.04. The number of piperidine rings is 1. The van der Waals surface area contributed by atoms with E-state index in [0.29, 0.717) is 19.4 Å². The summed E-state index contributed by atoms with van der Waals surface area (Å²) in [7, 11) is 0. The summed E-state index contributed by atoms with van der Waals surface area (Å²) < 4.78 is 0. The van der Waals surface area contributed by atoms with Crippen molar-refractivity contribution >= 4 is 11.9 Å². The zero-order valence-electron chi connectivity index (χ0n) is 11.7. The first-order chi connectivity index (χ1) is 9.40. The Bertz CT molecular complexity index is 541. The maximum atomic E-state index is 12.5. The summed E-state index contributed by atoms with van der Waals surface area (Å²) in [5, 5.41) is 18.9. The minimum absolute atomic E-state index is 0.0341. The number of phenols is 1. The van der Waals surface area contributed by atoms with Gasteiger partial charge in [-0.05, 0) is 38.8 Å². The number of hydrogen-bond acceptors (Lipinski definition) is 3. The third-order valence-electron chi connectivity index (χ3n) is 3.87. The van der Waals surface area contributed by atoms with Gasteiger partial charge in [-0.25, -0.2) is 0 Å². The molecule has 0 aromatic heterocycles. The van der Waals surface area contributed by atoms with Gasteiger partial charge in [0.2, 0.25) is 0 Å². The Morgan fingerprint density at radius 3 is 2.65 bits per heavy atom. The van der Waals surface area contributed by atoms with Gasteiger partial charge in [0.1, 0.15) is 5.75 Å². The van der Waals surface area contributed by atoms with Crippen molar-refractivity contribution in [3.63, 3.8) is 0 Å². The van der Waals surface area contributed by atoms with E-state index >= 15 is 0 Å². The molecule has 108 valence electrons. The highest BCUT2D eigenvalue weighted by atomic mass is 16.4. The summed E-state index contributed by atoms with van der Waals surface area (Å²) >= 11 is 0. The lowest BCUT2D eigenvalue weighted by atomic mass is 9.91. The normalized spacial score (nSPS) is 22.6. The summed E-state index contributed by atoms with van der Waals surface area (Å²) in [6.45, 7) is 4.11. The Morgan fingerprint density at radius 1 is 1.35 bits per heavy atom. The molecule has 5 nitrogen and oxygen atoms in total. The van der Waals surface area contributed by atoms with Gasteiger partial charge in [0.25, 0.3) is 5.91 Å². The Morgan fingerprint density at radius 2 is 2.05 bits per heavy atom. The maximum absolute atomic E-state index is 12.5. The van der Waals surface area contributed by atoms with Crippen molar-refractivity contribution in [3.8, 4) is 5.75 Å². The molecule has 2 unspecified atom stereocenters. The molecule has 1 saturated heterocycles. The smallest absolute Gasteiger partial charge is 0.306 e. The summed E-state index contributed by atoms with van der Waals surface area (Å²) in [5.41, 5.74) is 1.19. The molecule has 1 aromatic rings. The summed E-state index contributed by atoms with van der Waals surface area (Å²) in [4.78, 5) is 25.1. The van der Waals surface area contributed by atoms with Crippen LogP contribution in [0, 0.1) is 12.8 Å². The first kappa shape index (κ1) is 14.4. The van der Waals surface area contributed by atoms with Gasteiger partial charge in [-0.15, -0.1) is 0 Å². The number of benzene rings is 1. The fourth-order valence-electron chi connectivity index (χ4n) is 2.67. The highest BCUT2D eigenvalue weighted by Gasteiger charge is 2.33. The van der Waals surface area contributed by atoms with Crippen molar-refractivity contribution in [2.75, 3.05) is 6.54 Å². The number of amides is 1. The minimum Gasteiger partial charge on any atom is -0.507 e. The van der Waals surface area contributed by atoms with Crippen LogP contribution in [0.5, 0.6) is 5.75 Å². The molecule has 1 heterocycles. The molecule has 2 atom stereocenters. The zero-order chi connectivity index (χ0) is 14.9. The Labute approximate surface area is 117 Å². The highest BCUT2D eigenvalue weighted by molar-refractivity contribution is 5.97. The first-order valence-corrected chi connectivity index (χ1v) is 6.73. The predicted molar refractivity (Wildman–Crippen MR) is 73.7 cm³/mol. The van der Waals surface area contributed by atoms with E-state index in [1.165, 1.54) is 6.07 Å². The zero-order valence-corrected chi connectivity index (χ0v) is 11.7. The number of aliphatic carboxylic acids is 1. The molecule has 1 fully saturated rings. The van der Waals surface area contributed by atoms with Crippen LogP contribution in [0.25, 0.3) is 0 Å². The van der Waals surface area contributed by atoms with Gasteiger partial charge >= 0.3 is 5.97 Å². The van der Waals surface area contributed by atoms with Crippen LogP contribution in [0.3, 0.4) is 0 Å². The standard InChI is InChI=1S/C15H19NO4/c1-9-3-4-13(17)12(7-9)14(18)16-6-5-11(15(19)20)8-10(16)2/h3-4,7,10-11,17H,5-6,8H2,1-2H3,(H,19,20). The number of carbonyl (C=O) groups is 2. The summed E-state index contributed by atoms with van der Waals surface area (Å²) in [6, 6.07) is 4.77. The molecule has 0 aliphatic carbocycles. The number of hydrogen-bond donors (Lipinski definition) is 2. The molecule has 1 aliphatic rings. The third-order valence-corrected chi connectivity index (χ3v) is 3.87. The fourth-order valence-corrected chi connectivity index (χ4v) is 2.67. The lowest BCUT2D eigenvalue weighted by molar-refractivity contribution is -0.143. The van der Waals surface area contributed by atoms with Crippen molar-refractivity contribution in [1.82, 2.24) is 4.90 Å². The van der Waals surface area contributed by atoms with Crippen LogP contribution in [0.4, 0.5) is 0 Å². The molecular weight excluding hydrogens is 258 g/mol. The van der Waals surface area contributed by atoms with Gasteiger partial charge in [0, 0.05) is 12.6 Å². The van der Waals surface area contributed by atoms with E-state index in [0.717, 1.165) is 5.56 Å². The average molecular weight is 277 g/mol. The van der Waals surface area contributed by atoms with Gasteiger partial charge in [-0.2, -0.15) is 0 Å². The average Bonchev–Trinajstić information content (AvgIpc) is 2.40. The second-order valence-corrected chi connectivity index (χ2v) is 5.43. The van der Waals surface area contributed by atoms with Crippen LogP contribution in [0.1, 0.15) is 35.7 Å². The molecule has 1 aliphatic heterocycles. The quantitative estimate of drug-likeness (QED) is 0.867. The number of aromatic hydroxyl groups is 1. The molecular formula is C15H19NO4.